The molecule has 0 bridgehead atoms. The molecular weight excluding hydrogens is 450 g/mol. The first-order valence-electron chi connectivity index (χ1n) is 12.9. The van der Waals surface area contributed by atoms with E-state index in [4.69, 9.17) is 0 Å². The predicted molar refractivity (Wildman–Crippen MR) is 152 cm³/mol. The molecule has 6 nitrogen and oxygen atoms in total. The maximum Gasteiger partial charge on any atom is 0.255 e. The highest BCUT2D eigenvalue weighted by Gasteiger charge is 2.15. The highest BCUT2D eigenvalue weighted by Crippen LogP contribution is 2.16. The Balaban J connectivity index is 0. The number of nitrogens with one attached hydrogen (secondary N) is 3. The maximum absolute atomic E-state index is 12.5. The first kappa shape index (κ1) is 35.1. The van der Waals surface area contributed by atoms with Crippen LogP contribution in [0.1, 0.15) is 125 Å². The lowest BCUT2D eigenvalue weighted by Crippen LogP contribution is -2.26. The van der Waals surface area contributed by atoms with Gasteiger partial charge in [0.15, 0.2) is 0 Å². The Morgan fingerprint density at radius 3 is 1.75 bits per heavy atom. The Morgan fingerprint density at radius 1 is 0.889 bits per heavy atom. The van der Waals surface area contributed by atoms with Crippen LogP contribution in [0.3, 0.4) is 0 Å². The average molecular weight is 500 g/mol. The first-order valence-corrected chi connectivity index (χ1v) is 12.9. The summed E-state index contributed by atoms with van der Waals surface area (Å²) >= 11 is 0. The highest BCUT2D eigenvalue weighted by atomic mass is 16.2. The van der Waals surface area contributed by atoms with Crippen LogP contribution in [0.25, 0.3) is 0 Å². The second-order valence-corrected chi connectivity index (χ2v) is 9.46. The zero-order valence-corrected chi connectivity index (χ0v) is 24.3. The van der Waals surface area contributed by atoms with Crippen molar-refractivity contribution in [1.29, 1.82) is 0 Å². The van der Waals surface area contributed by atoms with Gasteiger partial charge in [-0.1, -0.05) is 66.9 Å². The fourth-order valence-corrected chi connectivity index (χ4v) is 2.22. The summed E-state index contributed by atoms with van der Waals surface area (Å²) in [6.45, 7) is 19.1. The minimum atomic E-state index is -0.378. The van der Waals surface area contributed by atoms with E-state index in [0.717, 1.165) is 12.8 Å². The molecule has 0 saturated carbocycles. The highest BCUT2D eigenvalue weighted by molar-refractivity contribution is 6.04. The van der Waals surface area contributed by atoms with Gasteiger partial charge in [-0.2, -0.15) is 0 Å². The van der Waals surface area contributed by atoms with E-state index in [9.17, 15) is 14.4 Å². The SMILES string of the molecule is CC#CCC/C=C(\C)NC(=O)c1cc(C(=O)NC)cc(C(=O)NCC)c1.CCC(C)(C)C.CCCC. The summed E-state index contributed by atoms with van der Waals surface area (Å²) in [6, 6.07) is 4.40. The van der Waals surface area contributed by atoms with Crippen LogP contribution in [-0.4, -0.2) is 31.3 Å². The van der Waals surface area contributed by atoms with Crippen molar-refractivity contribution >= 4 is 17.7 Å². The van der Waals surface area contributed by atoms with Gasteiger partial charge >= 0.3 is 0 Å². The fourth-order valence-electron chi connectivity index (χ4n) is 2.22. The van der Waals surface area contributed by atoms with Crippen LogP contribution >= 0.6 is 0 Å². The van der Waals surface area contributed by atoms with Gasteiger partial charge in [-0.15, -0.1) is 11.8 Å². The molecule has 0 fully saturated rings. The zero-order valence-electron chi connectivity index (χ0n) is 24.3. The monoisotopic (exact) mass is 499 g/mol. The van der Waals surface area contributed by atoms with E-state index in [2.05, 4.69) is 69.3 Å². The molecule has 1 rings (SSSR count). The van der Waals surface area contributed by atoms with Gasteiger partial charge in [0.2, 0.25) is 0 Å². The molecule has 6 heteroatoms. The van der Waals surface area contributed by atoms with Crippen LogP contribution < -0.4 is 16.0 Å². The van der Waals surface area contributed by atoms with Crippen LogP contribution in [0.4, 0.5) is 0 Å². The number of allylic oxidation sites excluding steroid dienone is 2. The number of hydrogen-bond donors (Lipinski definition) is 3. The molecular formula is C30H49N3O3. The van der Waals surface area contributed by atoms with Gasteiger partial charge in [0.25, 0.3) is 17.7 Å². The minimum absolute atomic E-state index is 0.244. The van der Waals surface area contributed by atoms with Crippen LogP contribution in [0, 0.1) is 17.3 Å². The summed E-state index contributed by atoms with van der Waals surface area (Å²) in [6.07, 6.45) is 7.25. The Labute approximate surface area is 220 Å². The number of benzene rings is 1. The third kappa shape index (κ3) is 17.4. The first-order chi connectivity index (χ1) is 16.9. The molecule has 202 valence electrons. The van der Waals surface area contributed by atoms with Gasteiger partial charge in [-0.3, -0.25) is 14.4 Å². The Morgan fingerprint density at radius 2 is 1.36 bits per heavy atom. The molecule has 3 N–H and O–H groups in total. The Kier molecular flexibility index (Phi) is 19.6. The molecule has 0 unspecified atom stereocenters. The van der Waals surface area contributed by atoms with E-state index >= 15 is 0 Å². The predicted octanol–water partition coefficient (Wildman–Crippen LogP) is 6.48. The van der Waals surface area contributed by atoms with Crippen LogP contribution in [0.15, 0.2) is 30.0 Å². The summed E-state index contributed by atoms with van der Waals surface area (Å²) in [4.78, 5) is 36.6. The molecule has 0 atom stereocenters. The minimum Gasteiger partial charge on any atom is -0.355 e. The van der Waals surface area contributed by atoms with Crippen molar-refractivity contribution in [3.8, 4) is 11.8 Å². The standard InChI is InChI=1S/C20H25N3O3.C6H14.C4H10/c1-5-7-8-9-10-14(3)23-20(26)17-12-15(18(24)21-4)11-16(13-17)19(25)22-6-2;1-5-6(2,3)4;1-3-4-2/h10-13H,6,8-9H2,1-4H3,(H,21,24)(H,22,25)(H,23,26);5H2,1-4H3;3-4H2,1-2H3/b14-10+;;. The second-order valence-electron chi connectivity index (χ2n) is 9.46. The molecule has 0 radical (unpaired) electrons. The van der Waals surface area contributed by atoms with Gasteiger partial charge < -0.3 is 16.0 Å². The molecule has 36 heavy (non-hydrogen) atoms. The number of carbonyl (C=O) groups excluding carboxylic acids is 3. The third-order valence-electron chi connectivity index (χ3n) is 5.05. The summed E-state index contributed by atoms with van der Waals surface area (Å²) in [5.41, 5.74) is 1.99. The topological polar surface area (TPSA) is 87.3 Å². The summed E-state index contributed by atoms with van der Waals surface area (Å²) in [5.74, 6) is 4.69. The van der Waals surface area contributed by atoms with E-state index in [-0.39, 0.29) is 34.4 Å². The molecule has 0 aliphatic carbocycles. The summed E-state index contributed by atoms with van der Waals surface area (Å²) < 4.78 is 0. The Bertz CT molecular complexity index is 898. The van der Waals surface area contributed by atoms with Crippen molar-refractivity contribution in [2.24, 2.45) is 5.41 Å². The molecule has 0 aliphatic rings. The van der Waals surface area contributed by atoms with Gasteiger partial charge in [0.1, 0.15) is 0 Å². The lowest BCUT2D eigenvalue weighted by atomic mass is 9.94. The fraction of sp³-hybridized carbons (Fsp3) is 0.567. The number of unbranched alkanes of at least 4 members (excludes halogenated alkanes) is 2. The van der Waals surface area contributed by atoms with Crippen molar-refractivity contribution in [3.05, 3.63) is 46.7 Å². The second kappa shape index (κ2) is 20.2. The molecule has 0 aromatic heterocycles. The normalized spacial score (nSPS) is 10.3. The quantitative estimate of drug-likeness (QED) is 0.282. The van der Waals surface area contributed by atoms with Crippen LogP contribution in [-0.2, 0) is 0 Å². The number of rotatable bonds is 8. The van der Waals surface area contributed by atoms with E-state index < -0.39 is 0 Å². The third-order valence-corrected chi connectivity index (χ3v) is 5.05. The lowest BCUT2D eigenvalue weighted by Gasteiger charge is -2.12. The Hall–Kier alpha value is -3.07. The largest absolute Gasteiger partial charge is 0.355 e. The number of carbonyl (C=O) groups is 3. The molecule has 0 saturated heterocycles. The molecule has 1 aromatic carbocycles. The van der Waals surface area contributed by atoms with Crippen LogP contribution in [0.2, 0.25) is 0 Å². The number of amides is 3. The molecule has 1 aromatic rings. The van der Waals surface area contributed by atoms with Crippen LogP contribution in [0.5, 0.6) is 0 Å². The molecule has 0 aliphatic heterocycles. The lowest BCUT2D eigenvalue weighted by molar-refractivity contribution is 0.0955. The van der Waals surface area contributed by atoms with Gasteiger partial charge in [0, 0.05) is 42.4 Å². The van der Waals surface area contributed by atoms with E-state index in [1.165, 1.54) is 44.5 Å². The van der Waals surface area contributed by atoms with E-state index in [1.54, 1.807) is 20.8 Å². The summed E-state index contributed by atoms with van der Waals surface area (Å²) in [5, 5.41) is 7.93. The van der Waals surface area contributed by atoms with E-state index in [0.29, 0.717) is 17.7 Å². The summed E-state index contributed by atoms with van der Waals surface area (Å²) in [7, 11) is 1.49. The smallest absolute Gasteiger partial charge is 0.255 e. The van der Waals surface area contributed by atoms with Crippen molar-refractivity contribution in [2.45, 2.75) is 94.4 Å². The van der Waals surface area contributed by atoms with E-state index in [1.807, 2.05) is 6.08 Å². The van der Waals surface area contributed by atoms with Crippen molar-refractivity contribution in [3.63, 3.8) is 0 Å². The molecule has 3 amide bonds. The maximum atomic E-state index is 12.5. The van der Waals surface area contributed by atoms with Crippen molar-refractivity contribution < 1.29 is 14.4 Å². The van der Waals surface area contributed by atoms with Crippen molar-refractivity contribution in [1.82, 2.24) is 16.0 Å². The van der Waals surface area contributed by atoms with Gasteiger partial charge in [-0.05, 0) is 50.8 Å². The van der Waals surface area contributed by atoms with Gasteiger partial charge in [0.05, 0.1) is 0 Å². The van der Waals surface area contributed by atoms with Crippen molar-refractivity contribution in [2.75, 3.05) is 13.6 Å². The number of hydrogen-bond acceptors (Lipinski definition) is 3. The molecule has 0 heterocycles. The average Bonchev–Trinajstić information content (AvgIpc) is 2.86. The zero-order chi connectivity index (χ0) is 28.1. The molecule has 0 spiro atoms. The van der Waals surface area contributed by atoms with Gasteiger partial charge in [-0.25, -0.2) is 0 Å².